The van der Waals surface area contributed by atoms with Gasteiger partial charge in [0.05, 0.1) is 15.1 Å². The highest BCUT2D eigenvalue weighted by atomic mass is 32.2. The lowest BCUT2D eigenvalue weighted by atomic mass is 10.2. The Hall–Kier alpha value is -1.60. The Bertz CT molecular complexity index is 742. The predicted molar refractivity (Wildman–Crippen MR) is 89.0 cm³/mol. The molecule has 0 spiro atoms. The highest BCUT2D eigenvalue weighted by molar-refractivity contribution is 8.01. The van der Waals surface area contributed by atoms with Crippen molar-refractivity contribution in [3.8, 4) is 0 Å². The van der Waals surface area contributed by atoms with Gasteiger partial charge in [0, 0.05) is 12.2 Å². The minimum atomic E-state index is -0.392. The SMILES string of the molecule is C[C@]12CCC(=O)N1[C@H](C(=O)Nc1nc3ccccc3s1)CS2. The average molecular weight is 333 g/mol. The molecule has 0 radical (unpaired) electrons. The summed E-state index contributed by atoms with van der Waals surface area (Å²) in [6.07, 6.45) is 1.36. The van der Waals surface area contributed by atoms with Crippen molar-refractivity contribution in [1.29, 1.82) is 0 Å². The molecule has 114 valence electrons. The summed E-state index contributed by atoms with van der Waals surface area (Å²) in [6, 6.07) is 7.39. The van der Waals surface area contributed by atoms with Crippen LogP contribution in [-0.4, -0.2) is 38.4 Å². The minimum absolute atomic E-state index is 0.0805. The van der Waals surface area contributed by atoms with Crippen molar-refractivity contribution in [2.24, 2.45) is 0 Å². The lowest BCUT2D eigenvalue weighted by Gasteiger charge is -2.29. The molecule has 7 heteroatoms. The first-order chi connectivity index (χ1) is 10.6. The summed E-state index contributed by atoms with van der Waals surface area (Å²) in [5, 5.41) is 3.48. The van der Waals surface area contributed by atoms with Gasteiger partial charge in [-0.3, -0.25) is 9.59 Å². The van der Waals surface area contributed by atoms with Gasteiger partial charge in [0.25, 0.3) is 0 Å². The van der Waals surface area contributed by atoms with Gasteiger partial charge < -0.3 is 10.2 Å². The lowest BCUT2D eigenvalue weighted by Crippen LogP contribution is -2.48. The summed E-state index contributed by atoms with van der Waals surface area (Å²) in [6.45, 7) is 2.05. The lowest BCUT2D eigenvalue weighted by molar-refractivity contribution is -0.135. The zero-order valence-electron chi connectivity index (χ0n) is 12.0. The molecule has 2 saturated heterocycles. The Morgan fingerprint density at radius 1 is 1.45 bits per heavy atom. The molecule has 1 aromatic heterocycles. The van der Waals surface area contributed by atoms with Gasteiger partial charge in [-0.1, -0.05) is 23.5 Å². The number of fused-ring (bicyclic) bond motifs is 2. The van der Waals surface area contributed by atoms with E-state index in [0.717, 1.165) is 16.6 Å². The van der Waals surface area contributed by atoms with Crippen LogP contribution in [0.15, 0.2) is 24.3 Å². The molecule has 2 amide bonds. The molecule has 1 N–H and O–H groups in total. The van der Waals surface area contributed by atoms with Crippen molar-refractivity contribution >= 4 is 50.3 Å². The smallest absolute Gasteiger partial charge is 0.249 e. The van der Waals surface area contributed by atoms with Crippen molar-refractivity contribution in [2.75, 3.05) is 11.1 Å². The first-order valence-corrected chi connectivity index (χ1v) is 9.00. The molecular formula is C15H15N3O2S2. The van der Waals surface area contributed by atoms with Crippen molar-refractivity contribution < 1.29 is 9.59 Å². The Kier molecular flexibility index (Phi) is 3.16. The van der Waals surface area contributed by atoms with Crippen LogP contribution in [0.4, 0.5) is 5.13 Å². The first-order valence-electron chi connectivity index (χ1n) is 7.19. The molecular weight excluding hydrogens is 318 g/mol. The molecule has 5 nitrogen and oxygen atoms in total. The fraction of sp³-hybridized carbons (Fsp3) is 0.400. The van der Waals surface area contributed by atoms with E-state index in [2.05, 4.69) is 10.3 Å². The Labute approximate surface area is 136 Å². The molecule has 2 aliphatic heterocycles. The van der Waals surface area contributed by atoms with Crippen LogP contribution in [0.1, 0.15) is 19.8 Å². The molecule has 2 aromatic rings. The van der Waals surface area contributed by atoms with Crippen molar-refractivity contribution in [3.63, 3.8) is 0 Å². The number of thiazole rings is 1. The van der Waals surface area contributed by atoms with Gasteiger partial charge >= 0.3 is 0 Å². The molecule has 4 rings (SSSR count). The van der Waals surface area contributed by atoms with E-state index in [1.807, 2.05) is 31.2 Å². The van der Waals surface area contributed by atoms with E-state index < -0.39 is 6.04 Å². The maximum Gasteiger partial charge on any atom is 0.249 e. The first kappa shape index (κ1) is 14.0. The molecule has 0 saturated carbocycles. The standard InChI is InChI=1S/C15H15N3O2S2/c1-15-7-6-12(19)18(15)10(8-21-15)13(20)17-14-16-9-4-2-3-5-11(9)22-14/h2-5,10H,6-8H2,1H3,(H,16,17,20)/t10-,15-/m0/s1. The summed E-state index contributed by atoms with van der Waals surface area (Å²) >= 11 is 3.15. The Balaban J connectivity index is 1.56. The summed E-state index contributed by atoms with van der Waals surface area (Å²) in [5.74, 6) is 0.598. The van der Waals surface area contributed by atoms with Crippen LogP contribution >= 0.6 is 23.1 Å². The number of hydrogen-bond donors (Lipinski definition) is 1. The minimum Gasteiger partial charge on any atom is -0.315 e. The van der Waals surface area contributed by atoms with E-state index in [9.17, 15) is 9.59 Å². The maximum atomic E-state index is 12.6. The number of anilines is 1. The highest BCUT2D eigenvalue weighted by Gasteiger charge is 2.52. The molecule has 3 heterocycles. The van der Waals surface area contributed by atoms with Crippen molar-refractivity contribution in [3.05, 3.63) is 24.3 Å². The van der Waals surface area contributed by atoms with Crippen LogP contribution in [0.5, 0.6) is 0 Å². The van der Waals surface area contributed by atoms with Crippen molar-refractivity contribution in [2.45, 2.75) is 30.7 Å². The summed E-state index contributed by atoms with van der Waals surface area (Å²) in [5.41, 5.74) is 0.880. The van der Waals surface area contributed by atoms with Gasteiger partial charge in [0.15, 0.2) is 5.13 Å². The van der Waals surface area contributed by atoms with Crippen LogP contribution < -0.4 is 5.32 Å². The molecule has 0 aliphatic carbocycles. The zero-order valence-corrected chi connectivity index (χ0v) is 13.7. The molecule has 22 heavy (non-hydrogen) atoms. The van der Waals surface area contributed by atoms with Gasteiger partial charge in [-0.05, 0) is 25.5 Å². The van der Waals surface area contributed by atoms with Crippen LogP contribution in [-0.2, 0) is 9.59 Å². The number of aromatic nitrogens is 1. The van der Waals surface area contributed by atoms with Gasteiger partial charge in [-0.25, -0.2) is 4.98 Å². The number of benzene rings is 1. The third-order valence-corrected chi connectivity index (χ3v) is 6.73. The summed E-state index contributed by atoms with van der Waals surface area (Å²) < 4.78 is 1.04. The van der Waals surface area contributed by atoms with Crippen LogP contribution in [0.2, 0.25) is 0 Å². The van der Waals surface area contributed by atoms with E-state index in [1.165, 1.54) is 11.3 Å². The normalized spacial score (nSPS) is 27.4. The fourth-order valence-corrected chi connectivity index (χ4v) is 5.43. The van der Waals surface area contributed by atoms with E-state index in [1.54, 1.807) is 16.7 Å². The molecule has 0 bridgehead atoms. The number of nitrogens with zero attached hydrogens (tertiary/aromatic N) is 2. The van der Waals surface area contributed by atoms with E-state index in [4.69, 9.17) is 0 Å². The van der Waals surface area contributed by atoms with E-state index in [0.29, 0.717) is 17.3 Å². The second kappa shape index (κ2) is 4.96. The molecule has 1 aromatic carbocycles. The predicted octanol–water partition coefficient (Wildman–Crippen LogP) is 2.69. The highest BCUT2D eigenvalue weighted by Crippen LogP contribution is 2.47. The monoisotopic (exact) mass is 333 g/mol. The van der Waals surface area contributed by atoms with Gasteiger partial charge in [0.2, 0.25) is 11.8 Å². The Morgan fingerprint density at radius 3 is 3.09 bits per heavy atom. The number of carbonyl (C=O) groups excluding carboxylic acids is 2. The maximum absolute atomic E-state index is 12.6. The number of hydrogen-bond acceptors (Lipinski definition) is 5. The number of thioether (sulfide) groups is 1. The topological polar surface area (TPSA) is 62.3 Å². The molecule has 2 fully saturated rings. The third kappa shape index (κ3) is 2.11. The van der Waals surface area contributed by atoms with Crippen LogP contribution in [0.25, 0.3) is 10.2 Å². The largest absolute Gasteiger partial charge is 0.315 e. The third-order valence-electron chi connectivity index (χ3n) is 4.27. The van der Waals surface area contributed by atoms with E-state index in [-0.39, 0.29) is 16.7 Å². The number of amides is 2. The number of nitrogens with one attached hydrogen (secondary N) is 1. The number of carbonyl (C=O) groups is 2. The quantitative estimate of drug-likeness (QED) is 0.918. The van der Waals surface area contributed by atoms with Crippen LogP contribution in [0.3, 0.4) is 0 Å². The summed E-state index contributed by atoms with van der Waals surface area (Å²) in [4.78, 5) is 30.6. The average Bonchev–Trinajstić information content (AvgIpc) is 3.12. The van der Waals surface area contributed by atoms with Gasteiger partial charge in [-0.2, -0.15) is 0 Å². The number of para-hydroxylation sites is 1. The number of rotatable bonds is 2. The van der Waals surface area contributed by atoms with E-state index >= 15 is 0 Å². The Morgan fingerprint density at radius 2 is 2.27 bits per heavy atom. The second-order valence-electron chi connectivity index (χ2n) is 5.74. The molecule has 0 unspecified atom stereocenters. The summed E-state index contributed by atoms with van der Waals surface area (Å²) in [7, 11) is 0. The van der Waals surface area contributed by atoms with Crippen molar-refractivity contribution in [1.82, 2.24) is 9.88 Å². The molecule has 2 atom stereocenters. The zero-order chi connectivity index (χ0) is 15.3. The molecule has 2 aliphatic rings. The second-order valence-corrected chi connectivity index (χ2v) is 8.27. The fourth-order valence-electron chi connectivity index (χ4n) is 3.13. The van der Waals surface area contributed by atoms with Crippen LogP contribution in [0, 0.1) is 0 Å². The van der Waals surface area contributed by atoms with Gasteiger partial charge in [0.1, 0.15) is 6.04 Å². The van der Waals surface area contributed by atoms with Gasteiger partial charge in [-0.15, -0.1) is 11.8 Å².